The highest BCUT2D eigenvalue weighted by Gasteiger charge is 2.37. The molecule has 1 aliphatic carbocycles. The van der Waals surface area contributed by atoms with E-state index in [-0.39, 0.29) is 11.1 Å². The molecule has 0 aromatic heterocycles. The minimum atomic E-state index is -0.305. The number of amidine groups is 1. The number of hydrogen-bond acceptors (Lipinski definition) is 5. The molecule has 2 heterocycles. The molecule has 0 amide bonds. The predicted molar refractivity (Wildman–Crippen MR) is 109 cm³/mol. The normalized spacial score (nSPS) is 22.7. The molecule has 6 nitrogen and oxygen atoms in total. The van der Waals surface area contributed by atoms with Gasteiger partial charge in [-0.15, -0.1) is 0 Å². The minimum absolute atomic E-state index is 0.101. The molecule has 3 aliphatic rings. The second kappa shape index (κ2) is 6.24. The van der Waals surface area contributed by atoms with Crippen LogP contribution in [0.25, 0.3) is 0 Å². The van der Waals surface area contributed by atoms with Gasteiger partial charge >= 0.3 is 0 Å². The van der Waals surface area contributed by atoms with Crippen LogP contribution in [0.2, 0.25) is 0 Å². The summed E-state index contributed by atoms with van der Waals surface area (Å²) in [5.41, 5.74) is 4.82. The number of para-hydroxylation sites is 2. The van der Waals surface area contributed by atoms with Crippen molar-refractivity contribution in [3.8, 4) is 0 Å². The standard InChI is InChI=1S/C22H20N4O2/c1-13(2)14-7-9-15(10-8-14)22-23-16-11-20-21(12-17(16)24-22)26(28)19-6-4-3-5-18(19)25(20)27/h3-13,16,25,28H,1-2H3. The van der Waals surface area contributed by atoms with Gasteiger partial charge in [0.15, 0.2) is 17.2 Å². The molecule has 0 spiro atoms. The molecule has 0 bridgehead atoms. The molecule has 140 valence electrons. The van der Waals surface area contributed by atoms with Gasteiger partial charge in [0, 0.05) is 17.7 Å². The van der Waals surface area contributed by atoms with Crippen molar-refractivity contribution >= 4 is 22.9 Å². The lowest BCUT2D eigenvalue weighted by Crippen LogP contribution is -3.01. The third-order valence-electron chi connectivity index (χ3n) is 5.37. The van der Waals surface area contributed by atoms with Crippen molar-refractivity contribution in [3.63, 3.8) is 0 Å². The number of hydrogen-bond donors (Lipinski definition) is 2. The van der Waals surface area contributed by atoms with Gasteiger partial charge in [0.25, 0.3) is 0 Å². The lowest BCUT2D eigenvalue weighted by molar-refractivity contribution is -0.729. The number of benzene rings is 2. The highest BCUT2D eigenvalue weighted by atomic mass is 16.5. The molecule has 2 N–H and O–H groups in total. The Balaban J connectivity index is 1.53. The number of aliphatic imine (C=N–C) groups is 2. The summed E-state index contributed by atoms with van der Waals surface area (Å²) in [5.74, 6) is 1.12. The van der Waals surface area contributed by atoms with Crippen molar-refractivity contribution in [2.24, 2.45) is 9.98 Å². The molecule has 2 atom stereocenters. The van der Waals surface area contributed by atoms with Gasteiger partial charge in [-0.25, -0.2) is 10.1 Å². The van der Waals surface area contributed by atoms with Crippen LogP contribution in [-0.4, -0.2) is 22.8 Å². The molecule has 5 rings (SSSR count). The van der Waals surface area contributed by atoms with E-state index in [1.54, 1.807) is 36.4 Å². The molecule has 0 radical (unpaired) electrons. The summed E-state index contributed by atoms with van der Waals surface area (Å²) in [6, 6.07) is 15.0. The largest absolute Gasteiger partial charge is 0.623 e. The smallest absolute Gasteiger partial charge is 0.162 e. The third kappa shape index (κ3) is 2.54. The van der Waals surface area contributed by atoms with E-state index < -0.39 is 0 Å². The third-order valence-corrected chi connectivity index (χ3v) is 5.37. The Morgan fingerprint density at radius 2 is 1.86 bits per heavy atom. The molecule has 2 aromatic carbocycles. The topological polar surface area (TPSA) is 75.7 Å². The van der Waals surface area contributed by atoms with Crippen molar-refractivity contribution in [3.05, 3.63) is 88.4 Å². The summed E-state index contributed by atoms with van der Waals surface area (Å²) >= 11 is 0. The van der Waals surface area contributed by atoms with E-state index in [1.165, 1.54) is 5.56 Å². The lowest BCUT2D eigenvalue weighted by Gasteiger charge is -2.37. The van der Waals surface area contributed by atoms with E-state index in [2.05, 4.69) is 31.0 Å². The maximum Gasteiger partial charge on any atom is 0.162 e. The van der Waals surface area contributed by atoms with Gasteiger partial charge < -0.3 is 10.3 Å². The van der Waals surface area contributed by atoms with Crippen LogP contribution < -0.4 is 10.1 Å². The number of hydroxylamine groups is 2. The first-order valence-corrected chi connectivity index (χ1v) is 9.36. The summed E-state index contributed by atoms with van der Waals surface area (Å²) in [7, 11) is 0. The lowest BCUT2D eigenvalue weighted by atomic mass is 10.00. The fourth-order valence-electron chi connectivity index (χ4n) is 3.77. The van der Waals surface area contributed by atoms with Crippen molar-refractivity contribution < 1.29 is 10.3 Å². The predicted octanol–water partition coefficient (Wildman–Crippen LogP) is 3.08. The SMILES string of the molecule is CC(C)c1ccc(C2=NC3C=C4C(=CC3=N2)N(O)c2ccccc2[NH+]4[O-])cc1. The van der Waals surface area contributed by atoms with E-state index in [0.717, 1.165) is 16.3 Å². The highest BCUT2D eigenvalue weighted by Crippen LogP contribution is 2.34. The minimum Gasteiger partial charge on any atom is -0.623 e. The second-order valence-electron chi connectivity index (χ2n) is 7.48. The Bertz CT molecular complexity index is 1080. The average molecular weight is 372 g/mol. The van der Waals surface area contributed by atoms with Gasteiger partial charge in [-0.3, -0.25) is 10.2 Å². The molecular formula is C22H20N4O2. The van der Waals surface area contributed by atoms with Crippen LogP contribution in [0.15, 0.2) is 82.1 Å². The maximum atomic E-state index is 12.9. The molecular weight excluding hydrogens is 352 g/mol. The first kappa shape index (κ1) is 17.1. The monoisotopic (exact) mass is 372 g/mol. The first-order valence-electron chi connectivity index (χ1n) is 9.36. The van der Waals surface area contributed by atoms with Crippen LogP contribution in [0, 0.1) is 5.21 Å². The number of quaternary nitrogens is 1. The molecule has 2 aromatic rings. The first-order chi connectivity index (χ1) is 13.5. The van der Waals surface area contributed by atoms with Gasteiger partial charge in [0.1, 0.15) is 17.4 Å². The fourth-order valence-corrected chi connectivity index (χ4v) is 3.77. The summed E-state index contributed by atoms with van der Waals surface area (Å²) < 4.78 is 0. The highest BCUT2D eigenvalue weighted by molar-refractivity contribution is 6.18. The van der Waals surface area contributed by atoms with E-state index in [0.29, 0.717) is 34.5 Å². The zero-order chi connectivity index (χ0) is 19.4. The molecule has 0 fully saturated rings. The van der Waals surface area contributed by atoms with Gasteiger partial charge in [0.2, 0.25) is 0 Å². The number of nitrogens with one attached hydrogen (secondary N) is 1. The zero-order valence-electron chi connectivity index (χ0n) is 15.6. The van der Waals surface area contributed by atoms with E-state index >= 15 is 0 Å². The second-order valence-corrected chi connectivity index (χ2v) is 7.48. The van der Waals surface area contributed by atoms with Crippen molar-refractivity contribution in [2.45, 2.75) is 25.8 Å². The van der Waals surface area contributed by atoms with Crippen molar-refractivity contribution in [1.82, 2.24) is 0 Å². The Morgan fingerprint density at radius 3 is 2.61 bits per heavy atom. The van der Waals surface area contributed by atoms with Crippen LogP contribution in [0.1, 0.15) is 30.9 Å². The molecule has 0 saturated heterocycles. The Kier molecular flexibility index (Phi) is 3.80. The summed E-state index contributed by atoms with van der Waals surface area (Å²) in [6.45, 7) is 4.32. The van der Waals surface area contributed by atoms with Gasteiger partial charge in [0.05, 0.1) is 5.71 Å². The quantitative estimate of drug-likeness (QED) is 0.796. The Hall–Kier alpha value is -3.06. The Morgan fingerprint density at radius 1 is 1.11 bits per heavy atom. The number of nitrogens with zero attached hydrogens (tertiary/aromatic N) is 3. The fraction of sp³-hybridized carbons (Fsp3) is 0.182. The van der Waals surface area contributed by atoms with Crippen LogP contribution in [0.4, 0.5) is 11.4 Å². The van der Waals surface area contributed by atoms with Crippen LogP contribution in [-0.2, 0) is 0 Å². The number of fused-ring (bicyclic) bond motifs is 3. The average Bonchev–Trinajstić information content (AvgIpc) is 3.14. The van der Waals surface area contributed by atoms with Gasteiger partial charge in [-0.05, 0) is 23.6 Å². The molecule has 28 heavy (non-hydrogen) atoms. The summed E-state index contributed by atoms with van der Waals surface area (Å²) in [4.78, 5) is 9.36. The molecule has 0 saturated carbocycles. The number of rotatable bonds is 2. The maximum absolute atomic E-state index is 12.9. The van der Waals surface area contributed by atoms with Crippen LogP contribution in [0.5, 0.6) is 0 Å². The van der Waals surface area contributed by atoms with Crippen LogP contribution >= 0.6 is 0 Å². The molecule has 2 aliphatic heterocycles. The van der Waals surface area contributed by atoms with Crippen molar-refractivity contribution in [2.75, 3.05) is 5.06 Å². The van der Waals surface area contributed by atoms with E-state index in [1.807, 2.05) is 12.1 Å². The number of anilines is 1. The zero-order valence-corrected chi connectivity index (χ0v) is 15.6. The van der Waals surface area contributed by atoms with E-state index in [9.17, 15) is 10.4 Å². The van der Waals surface area contributed by atoms with Crippen molar-refractivity contribution in [1.29, 1.82) is 0 Å². The molecule has 6 heteroatoms. The molecule has 2 unspecified atom stereocenters. The van der Waals surface area contributed by atoms with Gasteiger partial charge in [-0.2, -0.15) is 0 Å². The summed E-state index contributed by atoms with van der Waals surface area (Å²) in [5, 5.41) is 24.5. The van der Waals surface area contributed by atoms with Gasteiger partial charge in [-0.1, -0.05) is 50.2 Å². The Labute approximate surface area is 163 Å². The van der Waals surface area contributed by atoms with E-state index in [4.69, 9.17) is 4.99 Å². The summed E-state index contributed by atoms with van der Waals surface area (Å²) in [6.07, 6.45) is 3.55. The van der Waals surface area contributed by atoms with Crippen LogP contribution in [0.3, 0.4) is 0 Å².